The second-order valence-electron chi connectivity index (χ2n) is 5.73. The minimum absolute atomic E-state index is 0.246. The first kappa shape index (κ1) is 15.6. The zero-order chi connectivity index (χ0) is 14.5. The number of amides is 1. The highest BCUT2D eigenvalue weighted by atomic mass is 16.6. The Kier molecular flexibility index (Phi) is 5.44. The number of rotatable bonds is 3. The molecule has 110 valence electrons. The number of nitrogens with zero attached hydrogens (tertiary/aromatic N) is 2. The van der Waals surface area contributed by atoms with Crippen LogP contribution >= 0.6 is 0 Å². The average Bonchev–Trinajstić information content (AvgIpc) is 2.24. The quantitative estimate of drug-likeness (QED) is 0.597. The van der Waals surface area contributed by atoms with Crippen LogP contribution in [0.15, 0.2) is 4.99 Å². The lowest BCUT2D eigenvalue weighted by molar-refractivity contribution is 0.00701. The van der Waals surface area contributed by atoms with E-state index in [1.807, 2.05) is 20.8 Å². The van der Waals surface area contributed by atoms with Gasteiger partial charge >= 0.3 is 6.09 Å². The molecule has 0 spiro atoms. The molecule has 0 aromatic carbocycles. The number of aliphatic imine (C=N–C) groups is 1. The largest absolute Gasteiger partial charge is 0.444 e. The van der Waals surface area contributed by atoms with Gasteiger partial charge in [-0.15, -0.1) is 0 Å². The summed E-state index contributed by atoms with van der Waals surface area (Å²) in [4.78, 5) is 17.6. The summed E-state index contributed by atoms with van der Waals surface area (Å²) < 4.78 is 5.30. The third-order valence-electron chi connectivity index (χ3n) is 2.64. The van der Waals surface area contributed by atoms with Gasteiger partial charge in [0.25, 0.3) is 0 Å². The van der Waals surface area contributed by atoms with E-state index >= 15 is 0 Å². The third kappa shape index (κ3) is 5.36. The number of nitrogens with one attached hydrogen (secondary N) is 2. The molecule has 1 rings (SSSR count). The molecule has 2 N–H and O–H groups in total. The molecule has 1 amide bonds. The van der Waals surface area contributed by atoms with Crippen molar-refractivity contribution in [3.8, 4) is 0 Å². The van der Waals surface area contributed by atoms with Gasteiger partial charge < -0.3 is 20.3 Å². The third-order valence-corrected chi connectivity index (χ3v) is 2.64. The maximum absolute atomic E-state index is 11.7. The van der Waals surface area contributed by atoms with Gasteiger partial charge in [-0.3, -0.25) is 4.99 Å². The van der Waals surface area contributed by atoms with Crippen LogP contribution in [0.4, 0.5) is 4.79 Å². The zero-order valence-electron chi connectivity index (χ0n) is 12.6. The Hall–Kier alpha value is -1.46. The van der Waals surface area contributed by atoms with E-state index in [1.165, 1.54) is 0 Å². The van der Waals surface area contributed by atoms with Crippen LogP contribution in [-0.4, -0.2) is 55.3 Å². The first-order valence-electron chi connectivity index (χ1n) is 6.81. The Balaban J connectivity index is 2.28. The first-order valence-corrected chi connectivity index (χ1v) is 6.81. The number of likely N-dealkylation sites (tertiary alicyclic amines) is 1. The molecule has 0 atom stereocenters. The van der Waals surface area contributed by atoms with Crippen molar-refractivity contribution >= 4 is 12.1 Å². The van der Waals surface area contributed by atoms with Crippen molar-refractivity contribution in [2.75, 3.05) is 26.7 Å². The van der Waals surface area contributed by atoms with Crippen molar-refractivity contribution in [3.05, 3.63) is 0 Å². The van der Waals surface area contributed by atoms with E-state index in [4.69, 9.17) is 4.74 Å². The topological polar surface area (TPSA) is 66.0 Å². The van der Waals surface area contributed by atoms with Crippen LogP contribution in [-0.2, 0) is 4.74 Å². The van der Waals surface area contributed by atoms with Crippen LogP contribution < -0.4 is 10.6 Å². The average molecular weight is 270 g/mol. The molecule has 19 heavy (non-hydrogen) atoms. The molecule has 0 bridgehead atoms. The molecule has 0 radical (unpaired) electrons. The van der Waals surface area contributed by atoms with Crippen LogP contribution in [0.2, 0.25) is 0 Å². The molecule has 1 fully saturated rings. The molecule has 1 aliphatic rings. The minimum Gasteiger partial charge on any atom is -0.444 e. The van der Waals surface area contributed by atoms with Gasteiger partial charge in [-0.1, -0.05) is 6.92 Å². The fraction of sp³-hybridized carbons (Fsp3) is 0.846. The monoisotopic (exact) mass is 270 g/mol. The van der Waals surface area contributed by atoms with Crippen LogP contribution in [0.3, 0.4) is 0 Å². The Morgan fingerprint density at radius 1 is 1.42 bits per heavy atom. The minimum atomic E-state index is -0.436. The normalized spacial score (nSPS) is 16.9. The molecule has 0 aromatic heterocycles. The van der Waals surface area contributed by atoms with E-state index in [0.29, 0.717) is 13.1 Å². The number of carbonyl (C=O) groups is 1. The van der Waals surface area contributed by atoms with Crippen LogP contribution in [0, 0.1) is 0 Å². The van der Waals surface area contributed by atoms with E-state index in [-0.39, 0.29) is 12.1 Å². The first-order chi connectivity index (χ1) is 8.85. The molecule has 0 unspecified atom stereocenters. The standard InChI is InChI=1S/C13H26N4O2/c1-6-7-15-11(14-5)16-10-8-17(9-10)12(18)19-13(2,3)4/h10H,6-9H2,1-5H3,(H2,14,15,16). The molecule has 0 aliphatic carbocycles. The summed E-state index contributed by atoms with van der Waals surface area (Å²) in [5, 5.41) is 6.48. The van der Waals surface area contributed by atoms with Crippen molar-refractivity contribution < 1.29 is 9.53 Å². The molecule has 1 saturated heterocycles. The van der Waals surface area contributed by atoms with E-state index in [9.17, 15) is 4.79 Å². The lowest BCUT2D eigenvalue weighted by atomic mass is 10.1. The highest BCUT2D eigenvalue weighted by molar-refractivity contribution is 5.80. The maximum Gasteiger partial charge on any atom is 0.410 e. The highest BCUT2D eigenvalue weighted by Gasteiger charge is 2.33. The van der Waals surface area contributed by atoms with E-state index in [0.717, 1.165) is 18.9 Å². The summed E-state index contributed by atoms with van der Waals surface area (Å²) in [6.45, 7) is 9.92. The Morgan fingerprint density at radius 3 is 2.53 bits per heavy atom. The number of guanidine groups is 1. The second kappa shape index (κ2) is 6.63. The zero-order valence-corrected chi connectivity index (χ0v) is 12.6. The van der Waals surface area contributed by atoms with Gasteiger partial charge in [0.05, 0.1) is 6.04 Å². The van der Waals surface area contributed by atoms with E-state index < -0.39 is 5.60 Å². The molecule has 6 nitrogen and oxygen atoms in total. The summed E-state index contributed by atoms with van der Waals surface area (Å²) in [5.41, 5.74) is -0.436. The molecule has 6 heteroatoms. The second-order valence-corrected chi connectivity index (χ2v) is 5.73. The molecular formula is C13H26N4O2. The van der Waals surface area contributed by atoms with Gasteiger partial charge in [-0.25, -0.2) is 4.79 Å². The Labute approximate surface area is 115 Å². The summed E-state index contributed by atoms with van der Waals surface area (Å²) in [5.74, 6) is 0.788. The van der Waals surface area contributed by atoms with E-state index in [2.05, 4.69) is 22.5 Å². The van der Waals surface area contributed by atoms with Crippen molar-refractivity contribution in [3.63, 3.8) is 0 Å². The number of carbonyl (C=O) groups excluding carboxylic acids is 1. The van der Waals surface area contributed by atoms with E-state index in [1.54, 1.807) is 11.9 Å². The highest BCUT2D eigenvalue weighted by Crippen LogP contribution is 2.14. The molecule has 0 aromatic rings. The summed E-state index contributed by atoms with van der Waals surface area (Å²) >= 11 is 0. The summed E-state index contributed by atoms with van der Waals surface area (Å²) in [7, 11) is 1.75. The van der Waals surface area contributed by atoms with Crippen LogP contribution in [0.25, 0.3) is 0 Å². The van der Waals surface area contributed by atoms with Gasteiger partial charge in [0.1, 0.15) is 5.60 Å². The maximum atomic E-state index is 11.7. The molecule has 1 aliphatic heterocycles. The van der Waals surface area contributed by atoms with Crippen LogP contribution in [0.5, 0.6) is 0 Å². The number of hydrogen-bond acceptors (Lipinski definition) is 3. The lowest BCUT2D eigenvalue weighted by Crippen LogP contribution is -2.63. The van der Waals surface area contributed by atoms with Crippen molar-refractivity contribution in [2.45, 2.75) is 45.8 Å². The lowest BCUT2D eigenvalue weighted by Gasteiger charge is -2.40. The van der Waals surface area contributed by atoms with Crippen molar-refractivity contribution in [1.82, 2.24) is 15.5 Å². The summed E-state index contributed by atoms with van der Waals surface area (Å²) in [6.07, 6.45) is 0.803. The van der Waals surface area contributed by atoms with Crippen molar-refractivity contribution in [2.24, 2.45) is 4.99 Å². The van der Waals surface area contributed by atoms with Gasteiger partial charge in [0.2, 0.25) is 0 Å². The Morgan fingerprint density at radius 2 is 2.05 bits per heavy atom. The van der Waals surface area contributed by atoms with Gasteiger partial charge in [-0.05, 0) is 27.2 Å². The van der Waals surface area contributed by atoms with Gasteiger partial charge in [0.15, 0.2) is 5.96 Å². The number of ether oxygens (including phenoxy) is 1. The molecule has 1 heterocycles. The fourth-order valence-electron chi connectivity index (χ4n) is 1.68. The SMILES string of the molecule is CCCNC(=NC)NC1CN(C(=O)OC(C)(C)C)C1. The molecule has 0 saturated carbocycles. The fourth-order valence-corrected chi connectivity index (χ4v) is 1.68. The predicted octanol–water partition coefficient (Wildman–Crippen LogP) is 1.18. The van der Waals surface area contributed by atoms with Crippen LogP contribution in [0.1, 0.15) is 34.1 Å². The summed E-state index contributed by atoms with van der Waals surface area (Å²) in [6, 6.07) is 0.246. The van der Waals surface area contributed by atoms with Gasteiger partial charge in [0, 0.05) is 26.7 Å². The smallest absolute Gasteiger partial charge is 0.410 e. The Bertz CT molecular complexity index is 330. The molecular weight excluding hydrogens is 244 g/mol. The van der Waals surface area contributed by atoms with Gasteiger partial charge in [-0.2, -0.15) is 0 Å². The number of hydrogen-bond donors (Lipinski definition) is 2. The predicted molar refractivity (Wildman–Crippen MR) is 76.4 cm³/mol. The van der Waals surface area contributed by atoms with Crippen molar-refractivity contribution in [1.29, 1.82) is 0 Å².